The molecule has 2 nitrogen and oxygen atoms in total. The highest BCUT2D eigenvalue weighted by atomic mass is 32.2. The molecule has 1 saturated heterocycles. The van der Waals surface area contributed by atoms with E-state index in [1.807, 2.05) is 6.92 Å². The lowest BCUT2D eigenvalue weighted by atomic mass is 9.93. The Morgan fingerprint density at radius 1 is 1.54 bits per heavy atom. The van der Waals surface area contributed by atoms with E-state index < -0.39 is 11.0 Å². The number of hydrogen-bond acceptors (Lipinski definition) is 1. The Kier molecular flexibility index (Phi) is 2.49. The minimum atomic E-state index is -0.702. The van der Waals surface area contributed by atoms with Gasteiger partial charge in [-0.05, 0) is 31.6 Å². The van der Waals surface area contributed by atoms with Gasteiger partial charge in [0.15, 0.2) is 0 Å². The summed E-state index contributed by atoms with van der Waals surface area (Å²) in [7, 11) is -0.702. The van der Waals surface area contributed by atoms with Gasteiger partial charge in [-0.1, -0.05) is 13.8 Å². The Labute approximate surface area is 83.3 Å². The highest BCUT2D eigenvalue weighted by Crippen LogP contribution is 2.50. The standard InChI is InChI=1S/C10H19NOS/c1-3-13(12)11-7-4-9(2)8-10(11)5-6-10/h9H,3-8H2,1-2H3. The maximum atomic E-state index is 11.8. The van der Waals surface area contributed by atoms with E-state index in [0.29, 0.717) is 5.54 Å². The minimum absolute atomic E-state index is 0.374. The summed E-state index contributed by atoms with van der Waals surface area (Å²) in [6.45, 7) is 5.40. The van der Waals surface area contributed by atoms with Gasteiger partial charge in [-0.15, -0.1) is 0 Å². The van der Waals surface area contributed by atoms with Gasteiger partial charge in [-0.25, -0.2) is 8.51 Å². The normalized spacial score (nSPS) is 34.8. The van der Waals surface area contributed by atoms with Crippen molar-refractivity contribution in [3.05, 3.63) is 0 Å². The quantitative estimate of drug-likeness (QED) is 0.668. The summed E-state index contributed by atoms with van der Waals surface area (Å²) < 4.78 is 14.0. The summed E-state index contributed by atoms with van der Waals surface area (Å²) in [5, 5.41) is 0. The van der Waals surface area contributed by atoms with Crippen molar-refractivity contribution in [3.63, 3.8) is 0 Å². The fourth-order valence-electron chi connectivity index (χ4n) is 2.50. The summed E-state index contributed by atoms with van der Waals surface area (Å²) in [6, 6.07) is 0. The molecule has 3 heteroatoms. The van der Waals surface area contributed by atoms with Crippen LogP contribution in [0.1, 0.15) is 39.5 Å². The average Bonchev–Trinajstić information content (AvgIpc) is 2.84. The van der Waals surface area contributed by atoms with Gasteiger partial charge in [-0.3, -0.25) is 0 Å². The van der Waals surface area contributed by atoms with Crippen LogP contribution in [-0.2, 0) is 11.0 Å². The van der Waals surface area contributed by atoms with Crippen LogP contribution in [0.3, 0.4) is 0 Å². The third kappa shape index (κ3) is 1.68. The van der Waals surface area contributed by atoms with Crippen LogP contribution < -0.4 is 0 Å². The van der Waals surface area contributed by atoms with Crippen LogP contribution >= 0.6 is 0 Å². The molecule has 0 aromatic rings. The SMILES string of the molecule is CCS(=O)N1CCC(C)CC12CC2. The molecule has 13 heavy (non-hydrogen) atoms. The molecule has 76 valence electrons. The molecule has 0 radical (unpaired) electrons. The first-order chi connectivity index (χ1) is 6.18. The van der Waals surface area contributed by atoms with E-state index in [1.54, 1.807) is 0 Å². The molecule has 0 bridgehead atoms. The van der Waals surface area contributed by atoms with Crippen LogP contribution in [0.4, 0.5) is 0 Å². The fourth-order valence-corrected chi connectivity index (χ4v) is 3.81. The lowest BCUT2D eigenvalue weighted by Gasteiger charge is -2.37. The molecule has 1 saturated carbocycles. The summed E-state index contributed by atoms with van der Waals surface area (Å²) in [6.07, 6.45) is 5.07. The van der Waals surface area contributed by atoms with Crippen LogP contribution in [0.2, 0.25) is 0 Å². The summed E-state index contributed by atoms with van der Waals surface area (Å²) >= 11 is 0. The highest BCUT2D eigenvalue weighted by molar-refractivity contribution is 7.82. The zero-order chi connectivity index (χ0) is 9.47. The maximum Gasteiger partial charge on any atom is 0.0944 e. The third-order valence-electron chi connectivity index (χ3n) is 3.40. The first-order valence-corrected chi connectivity index (χ1v) is 6.62. The third-order valence-corrected chi connectivity index (χ3v) is 4.96. The van der Waals surface area contributed by atoms with Gasteiger partial charge < -0.3 is 0 Å². The molecule has 2 fully saturated rings. The van der Waals surface area contributed by atoms with E-state index in [4.69, 9.17) is 0 Å². The zero-order valence-corrected chi connectivity index (χ0v) is 9.40. The van der Waals surface area contributed by atoms with E-state index in [-0.39, 0.29) is 0 Å². The van der Waals surface area contributed by atoms with Crippen molar-refractivity contribution >= 4 is 11.0 Å². The lowest BCUT2D eigenvalue weighted by Crippen LogP contribution is -2.45. The van der Waals surface area contributed by atoms with Crippen molar-refractivity contribution in [1.29, 1.82) is 0 Å². The molecule has 2 rings (SSSR count). The van der Waals surface area contributed by atoms with Gasteiger partial charge in [0.2, 0.25) is 0 Å². The van der Waals surface area contributed by atoms with Crippen molar-refractivity contribution in [2.45, 2.75) is 45.1 Å². The number of rotatable bonds is 2. The first kappa shape index (κ1) is 9.66. The number of nitrogens with zero attached hydrogens (tertiary/aromatic N) is 1. The first-order valence-electron chi connectivity index (χ1n) is 5.34. The van der Waals surface area contributed by atoms with E-state index in [9.17, 15) is 4.21 Å². The van der Waals surface area contributed by atoms with Gasteiger partial charge in [-0.2, -0.15) is 0 Å². The largest absolute Gasteiger partial charge is 0.243 e. The molecule has 0 aromatic heterocycles. The lowest BCUT2D eigenvalue weighted by molar-refractivity contribution is 0.196. The second-order valence-corrected chi connectivity index (χ2v) is 6.20. The van der Waals surface area contributed by atoms with Crippen LogP contribution in [0, 0.1) is 5.92 Å². The molecular formula is C10H19NOS. The van der Waals surface area contributed by atoms with Gasteiger partial charge in [0.05, 0.1) is 11.0 Å². The monoisotopic (exact) mass is 201 g/mol. The van der Waals surface area contributed by atoms with Crippen LogP contribution in [0.15, 0.2) is 0 Å². The Morgan fingerprint density at radius 2 is 2.23 bits per heavy atom. The fraction of sp³-hybridized carbons (Fsp3) is 1.00. The topological polar surface area (TPSA) is 20.3 Å². The van der Waals surface area contributed by atoms with E-state index in [1.165, 1.54) is 25.7 Å². The molecule has 1 spiro atoms. The average molecular weight is 201 g/mol. The van der Waals surface area contributed by atoms with Gasteiger partial charge >= 0.3 is 0 Å². The second-order valence-electron chi connectivity index (χ2n) is 4.53. The molecule has 2 unspecified atom stereocenters. The van der Waals surface area contributed by atoms with E-state index in [0.717, 1.165) is 18.2 Å². The second kappa shape index (κ2) is 3.35. The summed E-state index contributed by atoms with van der Waals surface area (Å²) in [5.41, 5.74) is 0.374. The van der Waals surface area contributed by atoms with Gasteiger partial charge in [0.1, 0.15) is 0 Å². The Hall–Kier alpha value is 0.110. The number of piperidine rings is 1. The predicted octanol–water partition coefficient (Wildman–Crippen LogP) is 1.93. The summed E-state index contributed by atoms with van der Waals surface area (Å²) in [5.74, 6) is 1.63. The molecular weight excluding hydrogens is 182 g/mol. The smallest absolute Gasteiger partial charge is 0.0944 e. The molecule has 2 atom stereocenters. The van der Waals surface area contributed by atoms with Crippen molar-refractivity contribution in [2.75, 3.05) is 12.3 Å². The Morgan fingerprint density at radius 3 is 2.77 bits per heavy atom. The van der Waals surface area contributed by atoms with Crippen molar-refractivity contribution in [2.24, 2.45) is 5.92 Å². The van der Waals surface area contributed by atoms with Gasteiger partial charge in [0.25, 0.3) is 0 Å². The van der Waals surface area contributed by atoms with E-state index >= 15 is 0 Å². The molecule has 2 aliphatic rings. The Bertz CT molecular complexity index is 225. The zero-order valence-electron chi connectivity index (χ0n) is 8.58. The van der Waals surface area contributed by atoms with E-state index in [2.05, 4.69) is 11.2 Å². The number of hydrogen-bond donors (Lipinski definition) is 0. The Balaban J connectivity index is 2.07. The van der Waals surface area contributed by atoms with Gasteiger partial charge in [0, 0.05) is 17.8 Å². The van der Waals surface area contributed by atoms with Crippen molar-refractivity contribution in [1.82, 2.24) is 4.31 Å². The van der Waals surface area contributed by atoms with Crippen LogP contribution in [0.5, 0.6) is 0 Å². The van der Waals surface area contributed by atoms with Crippen LogP contribution in [0.25, 0.3) is 0 Å². The van der Waals surface area contributed by atoms with Crippen LogP contribution in [-0.4, -0.2) is 26.4 Å². The molecule has 0 N–H and O–H groups in total. The molecule has 1 aliphatic heterocycles. The molecule has 1 heterocycles. The minimum Gasteiger partial charge on any atom is -0.243 e. The predicted molar refractivity (Wildman–Crippen MR) is 55.8 cm³/mol. The van der Waals surface area contributed by atoms with Crippen molar-refractivity contribution < 1.29 is 4.21 Å². The molecule has 0 amide bonds. The maximum absolute atomic E-state index is 11.8. The highest BCUT2D eigenvalue weighted by Gasteiger charge is 2.52. The van der Waals surface area contributed by atoms with Crippen molar-refractivity contribution in [3.8, 4) is 0 Å². The molecule has 0 aromatic carbocycles. The summed E-state index contributed by atoms with van der Waals surface area (Å²) in [4.78, 5) is 0. The molecule has 1 aliphatic carbocycles.